The number of amides is 1. The second-order valence-electron chi connectivity index (χ2n) is 8.76. The van der Waals surface area contributed by atoms with E-state index in [9.17, 15) is 14.4 Å². The quantitative estimate of drug-likeness (QED) is 0.394. The number of hydrogen-bond donors (Lipinski definition) is 1. The molecule has 9 heteroatoms. The third-order valence-corrected chi connectivity index (χ3v) is 6.40. The number of thiophene rings is 1. The van der Waals surface area contributed by atoms with E-state index in [4.69, 9.17) is 18.6 Å². The van der Waals surface area contributed by atoms with Crippen molar-refractivity contribution in [1.29, 1.82) is 0 Å². The standard InChI is InChI=1S/C26H29NO7S/c1-7-32-25(30)21-15(2)20(24(29)31-6)23(35-21)27-22(28)19-13-12-18(34-19)14-33-17-10-8-16(9-11-17)26(3,4)5/h8-13H,7,14H2,1-6H3,(H,27,28). The van der Waals surface area contributed by atoms with Crippen LogP contribution in [-0.4, -0.2) is 31.6 Å². The van der Waals surface area contributed by atoms with Crippen LogP contribution in [0.4, 0.5) is 5.00 Å². The molecule has 3 aromatic rings. The highest BCUT2D eigenvalue weighted by atomic mass is 32.1. The summed E-state index contributed by atoms with van der Waals surface area (Å²) in [5.41, 5.74) is 1.72. The molecule has 1 amide bonds. The number of anilines is 1. The SMILES string of the molecule is CCOC(=O)c1sc(NC(=O)c2ccc(COc3ccc(C(C)(C)C)cc3)o2)c(C(=O)OC)c1C. The molecule has 0 saturated carbocycles. The summed E-state index contributed by atoms with van der Waals surface area (Å²) in [6.07, 6.45) is 0. The van der Waals surface area contributed by atoms with Crippen molar-refractivity contribution in [2.24, 2.45) is 0 Å². The number of hydrogen-bond acceptors (Lipinski definition) is 8. The van der Waals surface area contributed by atoms with Gasteiger partial charge in [-0.2, -0.15) is 0 Å². The Morgan fingerprint density at radius 1 is 1.03 bits per heavy atom. The summed E-state index contributed by atoms with van der Waals surface area (Å²) < 4.78 is 21.3. The van der Waals surface area contributed by atoms with Crippen molar-refractivity contribution in [2.75, 3.05) is 19.0 Å². The molecule has 0 aliphatic heterocycles. The van der Waals surface area contributed by atoms with Gasteiger partial charge in [0.15, 0.2) is 5.76 Å². The minimum Gasteiger partial charge on any atom is -0.486 e. The highest BCUT2D eigenvalue weighted by Gasteiger charge is 2.27. The minimum atomic E-state index is -0.671. The summed E-state index contributed by atoms with van der Waals surface area (Å²) in [6.45, 7) is 10.0. The van der Waals surface area contributed by atoms with Crippen LogP contribution in [0.2, 0.25) is 0 Å². The monoisotopic (exact) mass is 499 g/mol. The average molecular weight is 500 g/mol. The van der Waals surface area contributed by atoms with Crippen LogP contribution in [0.3, 0.4) is 0 Å². The number of benzene rings is 1. The van der Waals surface area contributed by atoms with E-state index >= 15 is 0 Å². The first kappa shape index (κ1) is 26.0. The van der Waals surface area contributed by atoms with Crippen molar-refractivity contribution in [1.82, 2.24) is 0 Å². The third kappa shape index (κ3) is 6.10. The lowest BCUT2D eigenvalue weighted by Gasteiger charge is -2.19. The summed E-state index contributed by atoms with van der Waals surface area (Å²) in [5.74, 6) is -0.649. The van der Waals surface area contributed by atoms with Gasteiger partial charge in [-0.15, -0.1) is 11.3 Å². The number of nitrogens with one attached hydrogen (secondary N) is 1. The topological polar surface area (TPSA) is 104 Å². The molecule has 2 heterocycles. The molecule has 2 aromatic heterocycles. The predicted molar refractivity (Wildman–Crippen MR) is 132 cm³/mol. The van der Waals surface area contributed by atoms with Gasteiger partial charge in [0.1, 0.15) is 28.0 Å². The van der Waals surface area contributed by atoms with Gasteiger partial charge in [-0.05, 0) is 54.7 Å². The van der Waals surface area contributed by atoms with Crippen molar-refractivity contribution in [3.8, 4) is 5.75 Å². The molecule has 0 bridgehead atoms. The Morgan fingerprint density at radius 3 is 2.31 bits per heavy atom. The molecule has 0 atom stereocenters. The molecule has 1 aromatic carbocycles. The van der Waals surface area contributed by atoms with Gasteiger partial charge in [-0.3, -0.25) is 4.79 Å². The smallest absolute Gasteiger partial charge is 0.348 e. The maximum atomic E-state index is 12.8. The average Bonchev–Trinajstić information content (AvgIpc) is 3.42. The van der Waals surface area contributed by atoms with Crippen LogP contribution < -0.4 is 10.1 Å². The van der Waals surface area contributed by atoms with Gasteiger partial charge in [0.25, 0.3) is 5.91 Å². The zero-order valence-corrected chi connectivity index (χ0v) is 21.5. The molecule has 0 unspecified atom stereocenters. The van der Waals surface area contributed by atoms with Crippen LogP contribution in [0.15, 0.2) is 40.8 Å². The van der Waals surface area contributed by atoms with E-state index < -0.39 is 17.8 Å². The summed E-state index contributed by atoms with van der Waals surface area (Å²) in [7, 11) is 1.23. The Balaban J connectivity index is 1.71. The lowest BCUT2D eigenvalue weighted by molar-refractivity contribution is 0.0531. The Hall–Kier alpha value is -3.59. The van der Waals surface area contributed by atoms with Gasteiger partial charge in [0, 0.05) is 0 Å². The first-order valence-corrected chi connectivity index (χ1v) is 11.9. The molecule has 0 saturated heterocycles. The van der Waals surface area contributed by atoms with E-state index in [1.54, 1.807) is 19.9 Å². The number of carbonyl (C=O) groups is 3. The normalized spacial score (nSPS) is 11.1. The van der Waals surface area contributed by atoms with E-state index in [2.05, 4.69) is 26.1 Å². The zero-order chi connectivity index (χ0) is 25.8. The van der Waals surface area contributed by atoms with Gasteiger partial charge in [-0.1, -0.05) is 32.9 Å². The molecular formula is C26H29NO7S. The van der Waals surface area contributed by atoms with Crippen molar-refractivity contribution in [3.63, 3.8) is 0 Å². The van der Waals surface area contributed by atoms with Crippen molar-refractivity contribution in [3.05, 3.63) is 69.5 Å². The molecule has 0 aliphatic carbocycles. The van der Waals surface area contributed by atoms with E-state index in [0.29, 0.717) is 17.1 Å². The number of esters is 2. The molecule has 3 rings (SSSR count). The number of methoxy groups -OCH3 is 1. The summed E-state index contributed by atoms with van der Waals surface area (Å²) in [5, 5.41) is 2.82. The second-order valence-corrected chi connectivity index (χ2v) is 9.78. The summed E-state index contributed by atoms with van der Waals surface area (Å²) >= 11 is 0.944. The lowest BCUT2D eigenvalue weighted by atomic mass is 9.87. The predicted octanol–water partition coefficient (Wildman–Crippen LogP) is 5.74. The molecule has 8 nitrogen and oxygen atoms in total. The van der Waals surface area contributed by atoms with Gasteiger partial charge in [0.2, 0.25) is 0 Å². The Labute approximate surface area is 208 Å². The largest absolute Gasteiger partial charge is 0.486 e. The van der Waals surface area contributed by atoms with Gasteiger partial charge in [-0.25, -0.2) is 9.59 Å². The Bertz CT molecular complexity index is 1220. The van der Waals surface area contributed by atoms with Crippen LogP contribution in [0, 0.1) is 6.92 Å². The molecule has 0 aliphatic rings. The highest BCUT2D eigenvalue weighted by Crippen LogP contribution is 2.34. The molecule has 35 heavy (non-hydrogen) atoms. The Kier molecular flexibility index (Phi) is 8.01. The molecule has 0 fully saturated rings. The maximum Gasteiger partial charge on any atom is 0.348 e. The molecule has 0 spiro atoms. The third-order valence-electron chi connectivity index (χ3n) is 5.21. The van der Waals surface area contributed by atoms with Gasteiger partial charge < -0.3 is 23.9 Å². The van der Waals surface area contributed by atoms with Crippen molar-refractivity contribution >= 4 is 34.2 Å². The maximum absolute atomic E-state index is 12.8. The first-order valence-electron chi connectivity index (χ1n) is 11.1. The lowest BCUT2D eigenvalue weighted by Crippen LogP contribution is -2.13. The first-order chi connectivity index (χ1) is 16.5. The van der Waals surface area contributed by atoms with Crippen LogP contribution in [-0.2, 0) is 21.5 Å². The fourth-order valence-corrected chi connectivity index (χ4v) is 4.37. The van der Waals surface area contributed by atoms with Crippen LogP contribution in [0.25, 0.3) is 0 Å². The van der Waals surface area contributed by atoms with Gasteiger partial charge >= 0.3 is 11.9 Å². The van der Waals surface area contributed by atoms with E-state index in [-0.39, 0.29) is 39.8 Å². The van der Waals surface area contributed by atoms with E-state index in [1.165, 1.54) is 18.7 Å². The summed E-state index contributed by atoms with van der Waals surface area (Å²) in [4.78, 5) is 37.6. The van der Waals surface area contributed by atoms with Crippen LogP contribution in [0.1, 0.15) is 75.2 Å². The highest BCUT2D eigenvalue weighted by molar-refractivity contribution is 7.18. The van der Waals surface area contributed by atoms with Gasteiger partial charge in [0.05, 0.1) is 19.3 Å². The summed E-state index contributed by atoms with van der Waals surface area (Å²) in [6, 6.07) is 11.0. The minimum absolute atomic E-state index is 0.0336. The number of furan rings is 1. The Morgan fingerprint density at radius 2 is 1.71 bits per heavy atom. The fourth-order valence-electron chi connectivity index (χ4n) is 3.29. The zero-order valence-electron chi connectivity index (χ0n) is 20.6. The van der Waals surface area contributed by atoms with Crippen molar-refractivity contribution < 1.29 is 33.0 Å². The molecular weight excluding hydrogens is 470 g/mol. The van der Waals surface area contributed by atoms with Crippen molar-refractivity contribution in [2.45, 2.75) is 46.6 Å². The second kappa shape index (κ2) is 10.8. The van der Waals surface area contributed by atoms with E-state index in [0.717, 1.165) is 11.3 Å². The molecule has 1 N–H and O–H groups in total. The fraction of sp³-hybridized carbons (Fsp3) is 0.346. The van der Waals surface area contributed by atoms with Crippen LogP contribution in [0.5, 0.6) is 5.75 Å². The number of ether oxygens (including phenoxy) is 3. The van der Waals surface area contributed by atoms with E-state index in [1.807, 2.05) is 24.3 Å². The van der Waals surface area contributed by atoms with Crippen LogP contribution >= 0.6 is 11.3 Å². The molecule has 186 valence electrons. The number of rotatable bonds is 8. The number of carbonyl (C=O) groups excluding carboxylic acids is 3. The molecule has 0 radical (unpaired) electrons.